The fraction of sp³-hybridized carbons (Fsp3) is 0.643. The van der Waals surface area contributed by atoms with E-state index in [2.05, 4.69) is 43.6 Å². The van der Waals surface area contributed by atoms with Gasteiger partial charge in [0.25, 0.3) is 0 Å². The topological polar surface area (TPSA) is 97.0 Å². The number of hydrogen-bond donors (Lipinski definition) is 1. The minimum Gasteiger partial charge on any atom is -0.344 e. The predicted molar refractivity (Wildman–Crippen MR) is 85.4 cm³/mol. The average molecular weight is 336 g/mol. The lowest BCUT2D eigenvalue weighted by Crippen LogP contribution is -2.48. The largest absolute Gasteiger partial charge is 0.344 e. The third-order valence-electron chi connectivity index (χ3n) is 3.86. The van der Waals surface area contributed by atoms with Crippen molar-refractivity contribution in [3.63, 3.8) is 0 Å². The Bertz CT molecular complexity index is 712. The van der Waals surface area contributed by atoms with Crippen molar-refractivity contribution in [3.05, 3.63) is 17.5 Å². The van der Waals surface area contributed by atoms with Gasteiger partial charge in [-0.1, -0.05) is 19.0 Å². The number of carbonyl (C=O) groups is 1. The maximum atomic E-state index is 11.7. The zero-order valence-corrected chi connectivity index (χ0v) is 14.5. The van der Waals surface area contributed by atoms with Crippen LogP contribution in [-0.4, -0.2) is 38.5 Å². The highest BCUT2D eigenvalue weighted by atomic mass is 32.1. The number of amides is 1. The van der Waals surface area contributed by atoms with Gasteiger partial charge in [-0.15, -0.1) is 0 Å². The van der Waals surface area contributed by atoms with E-state index in [1.165, 1.54) is 18.5 Å². The van der Waals surface area contributed by atoms with Crippen LogP contribution in [0.4, 0.5) is 5.13 Å². The highest BCUT2D eigenvalue weighted by molar-refractivity contribution is 7.09. The van der Waals surface area contributed by atoms with Gasteiger partial charge in [0.05, 0.1) is 6.54 Å². The Hall–Kier alpha value is -2.03. The Kier molecular flexibility index (Phi) is 4.05. The number of hydrogen-bond acceptors (Lipinski definition) is 8. The molecule has 0 aromatic carbocycles. The third kappa shape index (κ3) is 3.05. The van der Waals surface area contributed by atoms with Gasteiger partial charge in [-0.05, 0) is 6.42 Å². The molecule has 1 aliphatic rings. The molecule has 2 aromatic rings. The molecule has 1 amide bonds. The molecule has 3 heterocycles. The summed E-state index contributed by atoms with van der Waals surface area (Å²) in [6, 6.07) is 0. The second-order valence-corrected chi connectivity index (χ2v) is 6.89. The second-order valence-electron chi connectivity index (χ2n) is 6.16. The van der Waals surface area contributed by atoms with E-state index in [0.717, 1.165) is 17.5 Å². The number of aromatic nitrogens is 4. The number of carbonyl (C=O) groups excluding carboxylic acids is 1. The van der Waals surface area contributed by atoms with Crippen molar-refractivity contribution in [2.24, 2.45) is 0 Å². The molecule has 0 unspecified atom stereocenters. The maximum Gasteiger partial charge on any atom is 0.223 e. The lowest BCUT2D eigenvalue weighted by molar-refractivity contribution is -0.120. The van der Waals surface area contributed by atoms with Gasteiger partial charge >= 0.3 is 0 Å². The molecule has 1 fully saturated rings. The van der Waals surface area contributed by atoms with E-state index in [4.69, 9.17) is 4.52 Å². The van der Waals surface area contributed by atoms with Crippen molar-refractivity contribution in [2.45, 2.75) is 45.6 Å². The molecule has 2 aromatic heterocycles. The van der Waals surface area contributed by atoms with Crippen LogP contribution in [0.25, 0.3) is 0 Å². The molecule has 23 heavy (non-hydrogen) atoms. The molecule has 0 saturated carbocycles. The predicted octanol–water partition coefficient (Wildman–Crippen LogP) is 1.59. The first-order valence-electron chi connectivity index (χ1n) is 7.58. The monoisotopic (exact) mass is 336 g/mol. The Morgan fingerprint density at radius 1 is 1.43 bits per heavy atom. The van der Waals surface area contributed by atoms with Crippen LogP contribution in [0.15, 0.2) is 4.52 Å². The molecule has 8 nitrogen and oxygen atoms in total. The third-order valence-corrected chi connectivity index (χ3v) is 4.65. The van der Waals surface area contributed by atoms with Gasteiger partial charge in [0.2, 0.25) is 16.9 Å². The molecule has 1 aliphatic heterocycles. The fourth-order valence-corrected chi connectivity index (χ4v) is 3.57. The Balaban J connectivity index is 1.87. The van der Waals surface area contributed by atoms with Crippen LogP contribution < -0.4 is 10.2 Å². The van der Waals surface area contributed by atoms with Crippen LogP contribution >= 0.6 is 11.5 Å². The van der Waals surface area contributed by atoms with Crippen LogP contribution in [0, 0.1) is 6.92 Å². The molecule has 124 valence electrons. The molecule has 0 radical (unpaired) electrons. The van der Waals surface area contributed by atoms with Crippen molar-refractivity contribution in [1.29, 1.82) is 0 Å². The van der Waals surface area contributed by atoms with Gasteiger partial charge in [0, 0.05) is 37.8 Å². The molecule has 0 bridgehead atoms. The molecular weight excluding hydrogens is 316 g/mol. The van der Waals surface area contributed by atoms with Gasteiger partial charge in [-0.25, -0.2) is 4.98 Å². The molecule has 1 N–H and O–H groups in total. The molecule has 0 spiro atoms. The quantitative estimate of drug-likeness (QED) is 0.905. The Labute approximate surface area is 138 Å². The van der Waals surface area contributed by atoms with Gasteiger partial charge in [-0.3, -0.25) is 4.79 Å². The first-order chi connectivity index (χ1) is 10.9. The molecular formula is C14H20N6O2S. The highest BCUT2D eigenvalue weighted by Crippen LogP contribution is 2.34. The summed E-state index contributed by atoms with van der Waals surface area (Å²) in [7, 11) is 0. The SMILES string of the molecule is CC(=O)N[C@@]1(c2noc(C)n2)CCN(c2nc(C(C)C)ns2)C1. The first-order valence-corrected chi connectivity index (χ1v) is 8.35. The number of anilines is 1. The summed E-state index contributed by atoms with van der Waals surface area (Å²) in [4.78, 5) is 22.7. The van der Waals surface area contributed by atoms with E-state index in [0.29, 0.717) is 30.6 Å². The summed E-state index contributed by atoms with van der Waals surface area (Å²) in [5, 5.41) is 7.89. The number of nitrogens with one attached hydrogen (secondary N) is 1. The molecule has 9 heteroatoms. The fourth-order valence-electron chi connectivity index (χ4n) is 2.73. The highest BCUT2D eigenvalue weighted by Gasteiger charge is 2.45. The van der Waals surface area contributed by atoms with E-state index in [-0.39, 0.29) is 5.91 Å². The van der Waals surface area contributed by atoms with Gasteiger partial charge < -0.3 is 14.7 Å². The van der Waals surface area contributed by atoms with Crippen molar-refractivity contribution in [1.82, 2.24) is 24.8 Å². The Morgan fingerprint density at radius 3 is 2.78 bits per heavy atom. The van der Waals surface area contributed by atoms with Crippen LogP contribution in [0.5, 0.6) is 0 Å². The number of rotatable bonds is 4. The lowest BCUT2D eigenvalue weighted by atomic mass is 9.97. The standard InChI is InChI=1S/C14H20N6O2S/c1-8(2)11-16-13(23-19-11)20-6-5-14(7-20,17-9(3)21)12-15-10(4)22-18-12/h8H,5-7H2,1-4H3,(H,17,21)/t14-/m0/s1. The molecule has 0 aliphatic carbocycles. The minimum atomic E-state index is -0.646. The summed E-state index contributed by atoms with van der Waals surface area (Å²) in [6.45, 7) is 8.68. The van der Waals surface area contributed by atoms with Gasteiger partial charge in [0.1, 0.15) is 11.4 Å². The van der Waals surface area contributed by atoms with E-state index < -0.39 is 5.54 Å². The van der Waals surface area contributed by atoms with Crippen LogP contribution in [-0.2, 0) is 10.3 Å². The van der Waals surface area contributed by atoms with Crippen LogP contribution in [0.2, 0.25) is 0 Å². The normalized spacial score (nSPS) is 21.2. The van der Waals surface area contributed by atoms with Crippen molar-refractivity contribution < 1.29 is 9.32 Å². The number of aryl methyl sites for hydroxylation is 1. The molecule has 1 saturated heterocycles. The number of nitrogens with zero attached hydrogens (tertiary/aromatic N) is 5. The van der Waals surface area contributed by atoms with Gasteiger partial charge in [0.15, 0.2) is 5.82 Å². The summed E-state index contributed by atoms with van der Waals surface area (Å²) < 4.78 is 9.50. The van der Waals surface area contributed by atoms with E-state index >= 15 is 0 Å². The van der Waals surface area contributed by atoms with Crippen molar-refractivity contribution in [3.8, 4) is 0 Å². The summed E-state index contributed by atoms with van der Waals surface area (Å²) in [5.74, 6) is 2.02. The van der Waals surface area contributed by atoms with Crippen molar-refractivity contribution in [2.75, 3.05) is 18.0 Å². The first kappa shape index (κ1) is 15.9. The summed E-state index contributed by atoms with van der Waals surface area (Å²) in [5.41, 5.74) is -0.646. The van der Waals surface area contributed by atoms with Gasteiger partial charge in [-0.2, -0.15) is 9.36 Å². The molecule has 3 rings (SSSR count). The van der Waals surface area contributed by atoms with E-state index in [9.17, 15) is 4.79 Å². The zero-order chi connectivity index (χ0) is 16.6. The smallest absolute Gasteiger partial charge is 0.223 e. The lowest BCUT2D eigenvalue weighted by Gasteiger charge is -2.26. The summed E-state index contributed by atoms with van der Waals surface area (Å²) in [6.07, 6.45) is 0.697. The van der Waals surface area contributed by atoms with E-state index in [1.807, 2.05) is 0 Å². The zero-order valence-electron chi connectivity index (χ0n) is 13.7. The maximum absolute atomic E-state index is 11.7. The van der Waals surface area contributed by atoms with Crippen LogP contribution in [0.1, 0.15) is 50.6 Å². The Morgan fingerprint density at radius 2 is 2.22 bits per heavy atom. The second kappa shape index (κ2) is 5.88. The van der Waals surface area contributed by atoms with Crippen molar-refractivity contribution >= 4 is 22.6 Å². The molecule has 1 atom stereocenters. The van der Waals surface area contributed by atoms with E-state index in [1.54, 1.807) is 6.92 Å². The summed E-state index contributed by atoms with van der Waals surface area (Å²) >= 11 is 1.38. The minimum absolute atomic E-state index is 0.116. The average Bonchev–Trinajstić information content (AvgIpc) is 3.16. The van der Waals surface area contributed by atoms with Crippen LogP contribution in [0.3, 0.4) is 0 Å².